The summed E-state index contributed by atoms with van der Waals surface area (Å²) >= 11 is 0. The Labute approximate surface area is 440 Å². The predicted molar refractivity (Wildman–Crippen MR) is 313 cm³/mol. The van der Waals surface area contributed by atoms with E-state index in [2.05, 4.69) is 292 Å². The number of anilines is 6. The van der Waals surface area contributed by atoms with Crippen LogP contribution < -0.4 is 9.80 Å². The number of benzene rings is 11. The van der Waals surface area contributed by atoms with Crippen LogP contribution in [0.3, 0.4) is 0 Å². The van der Waals surface area contributed by atoms with Crippen LogP contribution in [0.2, 0.25) is 0 Å². The van der Waals surface area contributed by atoms with Gasteiger partial charge >= 0.3 is 0 Å². The van der Waals surface area contributed by atoms with E-state index in [0.717, 1.165) is 34.1 Å². The fraction of sp³-hybridized carbons (Fsp3) is 0.0959. The Bertz CT molecular complexity index is 4080. The molecule has 0 radical (unpaired) electrons. The normalized spacial score (nSPS) is 14.7. The maximum atomic E-state index is 2.52. The van der Waals surface area contributed by atoms with Gasteiger partial charge < -0.3 is 9.80 Å². The van der Waals surface area contributed by atoms with Crippen molar-refractivity contribution in [1.82, 2.24) is 0 Å². The van der Waals surface area contributed by atoms with Gasteiger partial charge in [-0.2, -0.15) is 0 Å². The molecule has 1 spiro atoms. The van der Waals surface area contributed by atoms with Crippen molar-refractivity contribution in [2.24, 2.45) is 0 Å². The molecule has 0 atom stereocenters. The number of hydrogen-bond acceptors (Lipinski definition) is 2. The van der Waals surface area contributed by atoms with Crippen LogP contribution in [0.25, 0.3) is 55.6 Å². The predicted octanol–water partition coefficient (Wildman–Crippen LogP) is 19.2. The first-order valence-corrected chi connectivity index (χ1v) is 26.5. The van der Waals surface area contributed by atoms with Crippen molar-refractivity contribution in [3.05, 3.63) is 299 Å². The molecule has 0 saturated heterocycles. The van der Waals surface area contributed by atoms with Crippen LogP contribution in [-0.4, -0.2) is 0 Å². The minimum atomic E-state index is -0.543. The minimum Gasteiger partial charge on any atom is -0.310 e. The van der Waals surface area contributed by atoms with Gasteiger partial charge in [-0.25, -0.2) is 0 Å². The van der Waals surface area contributed by atoms with Crippen molar-refractivity contribution in [3.8, 4) is 55.6 Å². The fourth-order valence-electron chi connectivity index (χ4n) is 14.1. The molecular weight excluding hydrogens is 905 g/mol. The zero-order chi connectivity index (χ0) is 50.2. The highest BCUT2D eigenvalue weighted by Gasteiger charge is 2.52. The maximum absolute atomic E-state index is 2.52. The van der Waals surface area contributed by atoms with Crippen molar-refractivity contribution >= 4 is 34.1 Å². The molecule has 75 heavy (non-hydrogen) atoms. The maximum Gasteiger partial charge on any atom is 0.0726 e. The molecule has 0 unspecified atom stereocenters. The lowest BCUT2D eigenvalue weighted by molar-refractivity contribution is 0.660. The lowest BCUT2D eigenvalue weighted by Crippen LogP contribution is -2.26. The number of rotatable bonds is 7. The van der Waals surface area contributed by atoms with Gasteiger partial charge in [-0.15, -0.1) is 0 Å². The molecule has 4 aliphatic rings. The van der Waals surface area contributed by atoms with Crippen LogP contribution in [0.5, 0.6) is 0 Å². The summed E-state index contributed by atoms with van der Waals surface area (Å²) in [6.45, 7) is 9.47. The Hall–Kier alpha value is -8.98. The van der Waals surface area contributed by atoms with Crippen LogP contribution in [0.1, 0.15) is 72.2 Å². The molecule has 0 amide bonds. The van der Waals surface area contributed by atoms with Gasteiger partial charge in [0.25, 0.3) is 0 Å². The zero-order valence-electron chi connectivity index (χ0n) is 42.6. The molecule has 0 saturated carbocycles. The van der Waals surface area contributed by atoms with Crippen LogP contribution >= 0.6 is 0 Å². The summed E-state index contributed by atoms with van der Waals surface area (Å²) in [4.78, 5) is 4.89. The van der Waals surface area contributed by atoms with Gasteiger partial charge in [-0.05, 0) is 173 Å². The second kappa shape index (κ2) is 16.0. The van der Waals surface area contributed by atoms with Crippen LogP contribution in [0.4, 0.5) is 34.1 Å². The van der Waals surface area contributed by atoms with Crippen molar-refractivity contribution in [3.63, 3.8) is 0 Å². The second-order valence-corrected chi connectivity index (χ2v) is 22.0. The third kappa shape index (κ3) is 6.08. The highest BCUT2D eigenvalue weighted by atomic mass is 15.1. The number of fused-ring (bicyclic) bond motifs is 16. The molecule has 356 valence electrons. The van der Waals surface area contributed by atoms with Crippen molar-refractivity contribution in [1.29, 1.82) is 0 Å². The van der Waals surface area contributed by atoms with E-state index in [1.165, 1.54) is 100 Å². The first-order chi connectivity index (χ1) is 36.7. The van der Waals surface area contributed by atoms with E-state index in [4.69, 9.17) is 0 Å². The van der Waals surface area contributed by atoms with E-state index in [1.54, 1.807) is 0 Å². The minimum absolute atomic E-state index is 0.109. The SMILES string of the molecule is CC1(C)c2ccccc2-c2ccc(N(c3ccccc3)c3ccc(-c4cccc5c4-c4ccc(N(c6ccccc6)c6ccc7c(c6)C(C)(C)c6ccccc6-7)cc4C54c5ccccc5-c5ccccc54)cc3)cc21. The van der Waals surface area contributed by atoms with E-state index < -0.39 is 5.41 Å². The van der Waals surface area contributed by atoms with E-state index in [1.807, 2.05) is 0 Å². The lowest BCUT2D eigenvalue weighted by Gasteiger charge is -2.32. The highest BCUT2D eigenvalue weighted by Crippen LogP contribution is 2.65. The van der Waals surface area contributed by atoms with Crippen LogP contribution in [0, 0.1) is 0 Å². The summed E-state index contributed by atoms with van der Waals surface area (Å²) in [5.41, 5.74) is 29.7. The highest BCUT2D eigenvalue weighted by molar-refractivity contribution is 6.01. The van der Waals surface area contributed by atoms with E-state index in [-0.39, 0.29) is 10.8 Å². The van der Waals surface area contributed by atoms with Gasteiger partial charge in [0.1, 0.15) is 0 Å². The third-order valence-corrected chi connectivity index (χ3v) is 17.5. The molecule has 0 heterocycles. The standard InChI is InChI=1S/C73H54N2/c1-71(2)62-29-15-11-24-55(62)59-41-38-51(44-67(59)71)74(48-20-7-5-8-21-48)50-36-34-47(35-37-50)54-28-19-33-66-70(54)61-43-40-53(46-69(61)73(66)64-31-17-13-26-57(64)58-27-14-18-32-65(58)73)75(49-22-9-6-10-23-49)52-39-42-60-56-25-12-16-30-63(56)72(3,4)68(60)45-52/h5-46H,1-4H3. The smallest absolute Gasteiger partial charge is 0.0726 e. The summed E-state index contributed by atoms with van der Waals surface area (Å²) in [6, 6.07) is 95.7. The molecule has 2 heteroatoms. The molecule has 0 fully saturated rings. The molecular formula is C73H54N2. The number of hydrogen-bond donors (Lipinski definition) is 0. The van der Waals surface area contributed by atoms with Crippen molar-refractivity contribution < 1.29 is 0 Å². The Morgan fingerprint density at radius 3 is 1.05 bits per heavy atom. The van der Waals surface area contributed by atoms with Gasteiger partial charge in [-0.3, -0.25) is 0 Å². The Balaban J connectivity index is 0.902. The average Bonchev–Trinajstić information content (AvgIpc) is 4.28. The Kier molecular flexibility index (Phi) is 9.30. The van der Waals surface area contributed by atoms with Crippen LogP contribution in [0.15, 0.2) is 255 Å². The zero-order valence-corrected chi connectivity index (χ0v) is 42.6. The first kappa shape index (κ1) is 43.6. The monoisotopic (exact) mass is 958 g/mol. The van der Waals surface area contributed by atoms with Crippen molar-refractivity contribution in [2.75, 3.05) is 9.80 Å². The van der Waals surface area contributed by atoms with Gasteiger partial charge in [-0.1, -0.05) is 210 Å². The van der Waals surface area contributed by atoms with Gasteiger partial charge in [0.15, 0.2) is 0 Å². The molecule has 0 N–H and O–H groups in total. The van der Waals surface area contributed by atoms with E-state index in [9.17, 15) is 0 Å². The molecule has 4 aliphatic carbocycles. The fourth-order valence-corrected chi connectivity index (χ4v) is 14.1. The number of para-hydroxylation sites is 2. The van der Waals surface area contributed by atoms with Gasteiger partial charge in [0, 0.05) is 45.0 Å². The molecule has 11 aromatic rings. The summed E-state index contributed by atoms with van der Waals surface area (Å²) in [7, 11) is 0. The summed E-state index contributed by atoms with van der Waals surface area (Å²) in [5.74, 6) is 0. The van der Waals surface area contributed by atoms with Crippen molar-refractivity contribution in [2.45, 2.75) is 43.9 Å². The Morgan fingerprint density at radius 1 is 0.227 bits per heavy atom. The molecule has 2 nitrogen and oxygen atoms in total. The second-order valence-electron chi connectivity index (χ2n) is 22.0. The van der Waals surface area contributed by atoms with Gasteiger partial charge in [0.05, 0.1) is 5.41 Å². The molecule has 15 rings (SSSR count). The quantitative estimate of drug-likeness (QED) is 0.157. The Morgan fingerprint density at radius 2 is 0.560 bits per heavy atom. The topological polar surface area (TPSA) is 6.48 Å². The largest absolute Gasteiger partial charge is 0.310 e. The summed E-state index contributed by atoms with van der Waals surface area (Å²) in [6.07, 6.45) is 0. The van der Waals surface area contributed by atoms with Gasteiger partial charge in [0.2, 0.25) is 0 Å². The van der Waals surface area contributed by atoms with Crippen LogP contribution in [-0.2, 0) is 16.2 Å². The lowest BCUT2D eigenvalue weighted by atomic mass is 9.70. The summed E-state index contributed by atoms with van der Waals surface area (Å²) < 4.78 is 0. The summed E-state index contributed by atoms with van der Waals surface area (Å²) in [5, 5.41) is 0. The molecule has 0 bridgehead atoms. The number of nitrogens with zero attached hydrogens (tertiary/aromatic N) is 2. The van der Waals surface area contributed by atoms with E-state index in [0.29, 0.717) is 0 Å². The molecule has 0 aromatic heterocycles. The average molecular weight is 959 g/mol. The molecule has 11 aromatic carbocycles. The third-order valence-electron chi connectivity index (χ3n) is 17.5. The first-order valence-electron chi connectivity index (χ1n) is 26.5. The van der Waals surface area contributed by atoms with E-state index >= 15 is 0 Å². The molecule has 0 aliphatic heterocycles.